The van der Waals surface area contributed by atoms with Gasteiger partial charge in [-0.3, -0.25) is 4.98 Å². The molecule has 1 N–H and O–H groups in total. The number of thioether (sulfide) groups is 1. The van der Waals surface area contributed by atoms with Crippen LogP contribution in [0, 0.1) is 12.3 Å². The molecule has 0 aliphatic heterocycles. The predicted molar refractivity (Wildman–Crippen MR) is 79.6 cm³/mol. The van der Waals surface area contributed by atoms with Crippen LogP contribution < -0.4 is 5.32 Å². The Morgan fingerprint density at radius 3 is 3.11 bits per heavy atom. The number of benzene rings is 1. The third kappa shape index (κ3) is 3.76. The normalized spacial score (nSPS) is 10.4. The molecule has 2 rings (SSSR count). The van der Waals surface area contributed by atoms with Crippen molar-refractivity contribution in [1.29, 1.82) is 0 Å². The number of aromatic nitrogens is 1. The van der Waals surface area contributed by atoms with Crippen LogP contribution in [0.4, 0.5) is 0 Å². The molecule has 0 aliphatic rings. The molecule has 0 aliphatic carbocycles. The first-order valence-electron chi connectivity index (χ1n) is 5.96. The number of hydrogen-bond acceptors (Lipinski definition) is 3. The second-order valence-electron chi connectivity index (χ2n) is 3.97. The first kappa shape index (κ1) is 12.9. The van der Waals surface area contributed by atoms with Crippen molar-refractivity contribution >= 4 is 22.7 Å². The highest BCUT2D eigenvalue weighted by molar-refractivity contribution is 7.99. The largest absolute Gasteiger partial charge is 0.312 e. The van der Waals surface area contributed by atoms with Gasteiger partial charge < -0.3 is 5.32 Å². The van der Waals surface area contributed by atoms with Gasteiger partial charge in [0.15, 0.2) is 0 Å². The molecule has 0 unspecified atom stereocenters. The van der Waals surface area contributed by atoms with Crippen molar-refractivity contribution in [2.45, 2.75) is 6.54 Å². The molecule has 0 bridgehead atoms. The van der Waals surface area contributed by atoms with E-state index in [4.69, 9.17) is 6.42 Å². The standard InChI is InChI=1S/C15H16N2S/c1-2-8-18-9-7-16-11-13-10-14-5-3-4-6-15(14)17-12-13/h1,3-6,10,12,16H,7-9,11H2. The highest BCUT2D eigenvalue weighted by Gasteiger charge is 1.97. The van der Waals surface area contributed by atoms with Gasteiger partial charge in [0.2, 0.25) is 0 Å². The van der Waals surface area contributed by atoms with Crippen molar-refractivity contribution in [2.75, 3.05) is 18.1 Å². The molecule has 0 saturated carbocycles. The monoisotopic (exact) mass is 256 g/mol. The van der Waals surface area contributed by atoms with Gasteiger partial charge in [-0.1, -0.05) is 24.1 Å². The average molecular weight is 256 g/mol. The Labute approximate surface area is 112 Å². The molecule has 2 aromatic rings. The lowest BCUT2D eigenvalue weighted by Gasteiger charge is -2.05. The fourth-order valence-corrected chi connectivity index (χ4v) is 2.27. The Balaban J connectivity index is 1.83. The quantitative estimate of drug-likeness (QED) is 0.635. The number of rotatable bonds is 6. The Morgan fingerprint density at radius 1 is 1.33 bits per heavy atom. The van der Waals surface area contributed by atoms with Crippen LogP contribution in [-0.4, -0.2) is 23.0 Å². The smallest absolute Gasteiger partial charge is 0.0702 e. The van der Waals surface area contributed by atoms with Gasteiger partial charge in [0, 0.05) is 30.4 Å². The van der Waals surface area contributed by atoms with Crippen molar-refractivity contribution in [2.24, 2.45) is 0 Å². The fraction of sp³-hybridized carbons (Fsp3) is 0.267. The third-order valence-electron chi connectivity index (χ3n) is 2.58. The zero-order chi connectivity index (χ0) is 12.6. The molecule has 1 aromatic heterocycles. The number of nitrogens with zero attached hydrogens (tertiary/aromatic N) is 1. The van der Waals surface area contributed by atoms with Crippen molar-refractivity contribution in [3.05, 3.63) is 42.1 Å². The Hall–Kier alpha value is -1.50. The van der Waals surface area contributed by atoms with Crippen molar-refractivity contribution in [3.63, 3.8) is 0 Å². The van der Waals surface area contributed by atoms with E-state index < -0.39 is 0 Å². The lowest BCUT2D eigenvalue weighted by Crippen LogP contribution is -2.16. The second-order valence-corrected chi connectivity index (χ2v) is 5.07. The second kappa shape index (κ2) is 7.05. The van der Waals surface area contributed by atoms with Crippen molar-refractivity contribution in [1.82, 2.24) is 10.3 Å². The van der Waals surface area contributed by atoms with Crippen LogP contribution in [0.2, 0.25) is 0 Å². The van der Waals surface area contributed by atoms with Crippen LogP contribution in [0.1, 0.15) is 5.56 Å². The van der Waals surface area contributed by atoms with E-state index in [-0.39, 0.29) is 0 Å². The molecule has 0 spiro atoms. The summed E-state index contributed by atoms with van der Waals surface area (Å²) in [4.78, 5) is 4.44. The van der Waals surface area contributed by atoms with Gasteiger partial charge in [-0.2, -0.15) is 0 Å². The molecular weight excluding hydrogens is 240 g/mol. The van der Waals surface area contributed by atoms with Gasteiger partial charge in [-0.15, -0.1) is 18.2 Å². The third-order valence-corrected chi connectivity index (χ3v) is 3.45. The molecule has 2 nitrogen and oxygen atoms in total. The molecule has 0 atom stereocenters. The molecule has 18 heavy (non-hydrogen) atoms. The highest BCUT2D eigenvalue weighted by atomic mass is 32.2. The molecular formula is C15H16N2S. The minimum Gasteiger partial charge on any atom is -0.312 e. The minimum absolute atomic E-state index is 0.791. The van der Waals surface area contributed by atoms with Gasteiger partial charge in [0.25, 0.3) is 0 Å². The minimum atomic E-state index is 0.791. The number of para-hydroxylation sites is 1. The van der Waals surface area contributed by atoms with Crippen molar-refractivity contribution < 1.29 is 0 Å². The van der Waals surface area contributed by atoms with Crippen LogP contribution in [0.15, 0.2) is 36.5 Å². The topological polar surface area (TPSA) is 24.9 Å². The predicted octanol–water partition coefficient (Wildman–Crippen LogP) is 2.69. The highest BCUT2D eigenvalue weighted by Crippen LogP contribution is 2.12. The molecule has 0 amide bonds. The van der Waals surface area contributed by atoms with Crippen LogP contribution in [-0.2, 0) is 6.54 Å². The van der Waals surface area contributed by atoms with Crippen LogP contribution in [0.5, 0.6) is 0 Å². The summed E-state index contributed by atoms with van der Waals surface area (Å²) >= 11 is 1.78. The molecule has 3 heteroatoms. The summed E-state index contributed by atoms with van der Waals surface area (Å²) in [6, 6.07) is 10.4. The van der Waals surface area contributed by atoms with E-state index in [0.717, 1.165) is 30.1 Å². The summed E-state index contributed by atoms with van der Waals surface area (Å²) in [5, 5.41) is 4.59. The Morgan fingerprint density at radius 2 is 2.22 bits per heavy atom. The molecule has 92 valence electrons. The zero-order valence-corrected chi connectivity index (χ0v) is 11.0. The lowest BCUT2D eigenvalue weighted by atomic mass is 10.1. The summed E-state index contributed by atoms with van der Waals surface area (Å²) in [5.41, 5.74) is 2.27. The van der Waals surface area contributed by atoms with Gasteiger partial charge in [-0.05, 0) is 17.7 Å². The zero-order valence-electron chi connectivity index (χ0n) is 10.2. The lowest BCUT2D eigenvalue weighted by molar-refractivity contribution is 0.731. The molecule has 0 radical (unpaired) electrons. The maximum Gasteiger partial charge on any atom is 0.0702 e. The van der Waals surface area contributed by atoms with E-state index in [1.165, 1.54) is 10.9 Å². The molecule has 1 aromatic carbocycles. The van der Waals surface area contributed by atoms with E-state index in [1.807, 2.05) is 24.4 Å². The number of hydrogen-bond donors (Lipinski definition) is 1. The first-order chi connectivity index (χ1) is 8.90. The maximum absolute atomic E-state index is 5.19. The van der Waals surface area contributed by atoms with E-state index in [2.05, 4.69) is 28.4 Å². The summed E-state index contributed by atoms with van der Waals surface area (Å²) in [5.74, 6) is 4.46. The summed E-state index contributed by atoms with van der Waals surface area (Å²) in [6.45, 7) is 1.83. The van der Waals surface area contributed by atoms with Crippen LogP contribution in [0.3, 0.4) is 0 Å². The van der Waals surface area contributed by atoms with Crippen LogP contribution in [0.25, 0.3) is 10.9 Å². The van der Waals surface area contributed by atoms with Gasteiger partial charge >= 0.3 is 0 Å². The van der Waals surface area contributed by atoms with Crippen LogP contribution >= 0.6 is 11.8 Å². The van der Waals surface area contributed by atoms with E-state index in [1.54, 1.807) is 11.8 Å². The van der Waals surface area contributed by atoms with E-state index in [0.29, 0.717) is 0 Å². The molecule has 0 saturated heterocycles. The molecule has 1 heterocycles. The first-order valence-corrected chi connectivity index (χ1v) is 7.11. The van der Waals surface area contributed by atoms with Crippen molar-refractivity contribution in [3.8, 4) is 12.3 Å². The Bertz CT molecular complexity index is 545. The van der Waals surface area contributed by atoms with Gasteiger partial charge in [0.05, 0.1) is 11.3 Å². The Kier molecular flexibility index (Phi) is 5.07. The van der Waals surface area contributed by atoms with E-state index >= 15 is 0 Å². The number of terminal acetylenes is 1. The van der Waals surface area contributed by atoms with E-state index in [9.17, 15) is 0 Å². The molecule has 0 fully saturated rings. The number of nitrogens with one attached hydrogen (secondary N) is 1. The van der Waals surface area contributed by atoms with Gasteiger partial charge in [-0.25, -0.2) is 0 Å². The maximum atomic E-state index is 5.19. The number of pyridine rings is 1. The average Bonchev–Trinajstić information content (AvgIpc) is 2.42. The summed E-state index contributed by atoms with van der Waals surface area (Å²) in [6.07, 6.45) is 7.12. The SMILES string of the molecule is C#CCSCCNCc1cnc2ccccc2c1. The number of fused-ring (bicyclic) bond motifs is 1. The fourth-order valence-electron chi connectivity index (χ4n) is 1.72. The van der Waals surface area contributed by atoms with Gasteiger partial charge in [0.1, 0.15) is 0 Å². The summed E-state index contributed by atoms with van der Waals surface area (Å²) in [7, 11) is 0. The summed E-state index contributed by atoms with van der Waals surface area (Å²) < 4.78 is 0.